The van der Waals surface area contributed by atoms with Crippen LogP contribution >= 0.6 is 15.9 Å². The minimum atomic E-state index is 0.313. The van der Waals surface area contributed by atoms with Gasteiger partial charge >= 0.3 is 0 Å². The molecular weight excluding hydrogens is 290 g/mol. The quantitative estimate of drug-likeness (QED) is 0.917. The third-order valence-electron chi connectivity index (χ3n) is 3.23. The van der Waals surface area contributed by atoms with Gasteiger partial charge in [0.2, 0.25) is 0 Å². The molecule has 0 saturated carbocycles. The van der Waals surface area contributed by atoms with Crippen molar-refractivity contribution in [2.75, 3.05) is 7.05 Å². The molecule has 0 aliphatic carbocycles. The van der Waals surface area contributed by atoms with Crippen molar-refractivity contribution in [1.29, 1.82) is 0 Å². The molecule has 2 rings (SSSR count). The molecule has 3 heteroatoms. The number of hydrogen-bond donors (Lipinski definition) is 1. The minimum Gasteiger partial charge on any atom is -0.472 e. The van der Waals surface area contributed by atoms with Crippen LogP contribution in [0.3, 0.4) is 0 Å². The molecule has 0 fully saturated rings. The Morgan fingerprint density at radius 1 is 1.28 bits per heavy atom. The largest absolute Gasteiger partial charge is 0.472 e. The number of rotatable bonds is 4. The van der Waals surface area contributed by atoms with Gasteiger partial charge in [-0.15, -0.1) is 0 Å². The maximum atomic E-state index is 5.13. The molecule has 0 amide bonds. The van der Waals surface area contributed by atoms with E-state index in [4.69, 9.17) is 4.42 Å². The zero-order valence-corrected chi connectivity index (χ0v) is 12.5. The van der Waals surface area contributed by atoms with Crippen molar-refractivity contribution in [2.24, 2.45) is 0 Å². The Kier molecular flexibility index (Phi) is 4.25. The lowest BCUT2D eigenvalue weighted by Gasteiger charge is -2.18. The summed E-state index contributed by atoms with van der Waals surface area (Å²) in [5.74, 6) is 0. The molecular formula is C15H18BrNO. The van der Waals surface area contributed by atoms with Crippen molar-refractivity contribution < 1.29 is 4.42 Å². The van der Waals surface area contributed by atoms with Crippen molar-refractivity contribution in [3.63, 3.8) is 0 Å². The molecule has 2 nitrogen and oxygen atoms in total. The molecule has 1 heterocycles. The average molecular weight is 308 g/mol. The smallest absolute Gasteiger partial charge is 0.0935 e. The highest BCUT2D eigenvalue weighted by Crippen LogP contribution is 2.27. The van der Waals surface area contributed by atoms with Crippen molar-refractivity contribution >= 4 is 15.9 Å². The maximum absolute atomic E-state index is 5.13. The Bertz CT molecular complexity index is 496. The number of halogens is 1. The Hall–Kier alpha value is -1.06. The van der Waals surface area contributed by atoms with Crippen LogP contribution in [-0.4, -0.2) is 7.05 Å². The van der Waals surface area contributed by atoms with Gasteiger partial charge in [0.1, 0.15) is 0 Å². The van der Waals surface area contributed by atoms with Gasteiger partial charge in [-0.3, -0.25) is 0 Å². The van der Waals surface area contributed by atoms with Crippen LogP contribution in [0.2, 0.25) is 0 Å². The lowest BCUT2D eigenvalue weighted by molar-refractivity contribution is 0.551. The van der Waals surface area contributed by atoms with Crippen molar-refractivity contribution in [3.8, 4) is 0 Å². The van der Waals surface area contributed by atoms with Crippen LogP contribution in [0.1, 0.15) is 28.3 Å². The first-order valence-corrected chi connectivity index (χ1v) is 6.86. The lowest BCUT2D eigenvalue weighted by Crippen LogP contribution is -2.19. The zero-order chi connectivity index (χ0) is 13.1. The second-order valence-corrected chi connectivity index (χ2v) is 5.44. The summed E-state index contributed by atoms with van der Waals surface area (Å²) in [5.41, 5.74) is 5.08. The van der Waals surface area contributed by atoms with E-state index in [-0.39, 0.29) is 0 Å². The highest BCUT2D eigenvalue weighted by molar-refractivity contribution is 9.10. The summed E-state index contributed by atoms with van der Waals surface area (Å²) in [7, 11) is 2.00. The van der Waals surface area contributed by atoms with E-state index >= 15 is 0 Å². The highest BCUT2D eigenvalue weighted by atomic mass is 79.9. The van der Waals surface area contributed by atoms with E-state index in [1.807, 2.05) is 19.4 Å². The molecule has 1 aromatic carbocycles. The summed E-state index contributed by atoms with van der Waals surface area (Å²) in [6, 6.07) is 6.80. The number of aryl methyl sites for hydroxylation is 2. The van der Waals surface area contributed by atoms with Crippen LogP contribution in [0, 0.1) is 13.8 Å². The van der Waals surface area contributed by atoms with Gasteiger partial charge in [0.25, 0.3) is 0 Å². The zero-order valence-electron chi connectivity index (χ0n) is 11.0. The SMILES string of the molecule is CNC(Cc1ccoc1)c1cc(C)c(Br)c(C)c1. The topological polar surface area (TPSA) is 25.2 Å². The second kappa shape index (κ2) is 5.72. The first-order chi connectivity index (χ1) is 8.61. The average Bonchev–Trinajstić information content (AvgIpc) is 2.85. The molecule has 1 N–H and O–H groups in total. The summed E-state index contributed by atoms with van der Waals surface area (Å²) >= 11 is 3.61. The van der Waals surface area contributed by atoms with Gasteiger partial charge < -0.3 is 9.73 Å². The van der Waals surface area contributed by atoms with Crippen LogP contribution in [0.4, 0.5) is 0 Å². The summed E-state index contributed by atoms with van der Waals surface area (Å²) in [6.07, 6.45) is 4.47. The third kappa shape index (κ3) is 2.85. The van der Waals surface area contributed by atoms with Gasteiger partial charge in [-0.1, -0.05) is 28.1 Å². The number of hydrogen-bond acceptors (Lipinski definition) is 2. The molecule has 0 aliphatic rings. The molecule has 1 unspecified atom stereocenters. The van der Waals surface area contributed by atoms with Gasteiger partial charge in [0, 0.05) is 10.5 Å². The normalized spacial score (nSPS) is 12.7. The first kappa shape index (κ1) is 13.4. The molecule has 0 aliphatic heterocycles. The van der Waals surface area contributed by atoms with Gasteiger partial charge in [-0.25, -0.2) is 0 Å². The number of nitrogens with one attached hydrogen (secondary N) is 1. The standard InChI is InChI=1S/C15H18BrNO/c1-10-6-13(7-11(2)15(10)16)14(17-3)8-12-4-5-18-9-12/h4-7,9,14,17H,8H2,1-3H3. The summed E-state index contributed by atoms with van der Waals surface area (Å²) < 4.78 is 6.33. The second-order valence-electron chi connectivity index (χ2n) is 4.65. The van der Waals surface area contributed by atoms with Crippen molar-refractivity contribution in [1.82, 2.24) is 5.32 Å². The fraction of sp³-hybridized carbons (Fsp3) is 0.333. The molecule has 2 aromatic rings. The lowest BCUT2D eigenvalue weighted by atomic mass is 9.97. The summed E-state index contributed by atoms with van der Waals surface area (Å²) in [4.78, 5) is 0. The van der Waals surface area contributed by atoms with Crippen LogP contribution in [0.5, 0.6) is 0 Å². The monoisotopic (exact) mass is 307 g/mol. The van der Waals surface area contributed by atoms with Crippen molar-refractivity contribution in [3.05, 3.63) is 57.5 Å². The van der Waals surface area contributed by atoms with Crippen LogP contribution < -0.4 is 5.32 Å². The van der Waals surface area contributed by atoms with Gasteiger partial charge in [-0.05, 0) is 55.6 Å². The Morgan fingerprint density at radius 2 is 1.94 bits per heavy atom. The minimum absolute atomic E-state index is 0.313. The van der Waals surface area contributed by atoms with Crippen LogP contribution in [0.25, 0.3) is 0 Å². The number of furan rings is 1. The molecule has 96 valence electrons. The third-order valence-corrected chi connectivity index (χ3v) is 4.48. The molecule has 1 aromatic heterocycles. The molecule has 0 saturated heterocycles. The van der Waals surface area contributed by atoms with E-state index in [1.165, 1.54) is 26.7 Å². The Morgan fingerprint density at radius 3 is 2.44 bits per heavy atom. The fourth-order valence-electron chi connectivity index (χ4n) is 2.21. The molecule has 18 heavy (non-hydrogen) atoms. The maximum Gasteiger partial charge on any atom is 0.0935 e. The number of likely N-dealkylation sites (N-methyl/N-ethyl adjacent to an activating group) is 1. The number of benzene rings is 1. The predicted octanol–water partition coefficient (Wildman–Crippen LogP) is 4.16. The van der Waals surface area contributed by atoms with Gasteiger partial charge in [0.15, 0.2) is 0 Å². The molecule has 0 spiro atoms. The Labute approximate surface area is 117 Å². The van der Waals surface area contributed by atoms with Crippen LogP contribution in [0.15, 0.2) is 39.6 Å². The van der Waals surface area contributed by atoms with Gasteiger partial charge in [0.05, 0.1) is 12.5 Å². The Balaban J connectivity index is 2.27. The summed E-state index contributed by atoms with van der Waals surface area (Å²) in [6.45, 7) is 4.26. The van der Waals surface area contributed by atoms with E-state index in [0.29, 0.717) is 6.04 Å². The van der Waals surface area contributed by atoms with E-state index in [1.54, 1.807) is 6.26 Å². The van der Waals surface area contributed by atoms with E-state index < -0.39 is 0 Å². The first-order valence-electron chi connectivity index (χ1n) is 6.06. The van der Waals surface area contributed by atoms with E-state index in [2.05, 4.69) is 47.2 Å². The molecule has 0 radical (unpaired) electrons. The van der Waals surface area contributed by atoms with Crippen molar-refractivity contribution in [2.45, 2.75) is 26.3 Å². The summed E-state index contributed by atoms with van der Waals surface area (Å²) in [5, 5.41) is 3.37. The fourth-order valence-corrected chi connectivity index (χ4v) is 2.44. The highest BCUT2D eigenvalue weighted by Gasteiger charge is 2.13. The van der Waals surface area contributed by atoms with E-state index in [9.17, 15) is 0 Å². The molecule has 1 atom stereocenters. The van der Waals surface area contributed by atoms with E-state index in [0.717, 1.165) is 6.42 Å². The van der Waals surface area contributed by atoms with Gasteiger partial charge in [-0.2, -0.15) is 0 Å². The predicted molar refractivity (Wildman–Crippen MR) is 77.8 cm³/mol. The van der Waals surface area contributed by atoms with Crippen LogP contribution in [-0.2, 0) is 6.42 Å². The molecule has 0 bridgehead atoms.